The predicted octanol–water partition coefficient (Wildman–Crippen LogP) is 0.739. The van der Waals surface area contributed by atoms with E-state index >= 15 is 0 Å². The second kappa shape index (κ2) is 5.53. The molecule has 4 N–H and O–H groups in total. The van der Waals surface area contributed by atoms with Crippen molar-refractivity contribution in [2.75, 3.05) is 6.61 Å². The van der Waals surface area contributed by atoms with Crippen molar-refractivity contribution in [2.24, 2.45) is 4.99 Å². The number of rotatable bonds is 3. The number of hydrogen-bond donors (Lipinski definition) is 4. The van der Waals surface area contributed by atoms with Gasteiger partial charge in [-0.3, -0.25) is 4.79 Å². The fourth-order valence-corrected chi connectivity index (χ4v) is 1.74. The van der Waals surface area contributed by atoms with Crippen LogP contribution in [0, 0.1) is 0 Å². The molecule has 0 fully saturated rings. The van der Waals surface area contributed by atoms with Crippen LogP contribution >= 0.6 is 0 Å². The van der Waals surface area contributed by atoms with E-state index in [9.17, 15) is 15.0 Å². The second-order valence-electron chi connectivity index (χ2n) is 4.08. The molecule has 0 saturated carbocycles. The van der Waals surface area contributed by atoms with Crippen molar-refractivity contribution in [1.82, 2.24) is 5.32 Å². The number of amides is 1. The molecule has 1 aromatic rings. The molecule has 2 rings (SSSR count). The lowest BCUT2D eigenvalue weighted by atomic mass is 10.1. The van der Waals surface area contributed by atoms with Crippen LogP contribution < -0.4 is 5.32 Å². The molecule has 100 valence electrons. The number of aliphatic hydroxyl groups excluding tert-OH is 1. The molecular formula is C13H14N2O4. The van der Waals surface area contributed by atoms with E-state index in [1.54, 1.807) is 12.1 Å². The van der Waals surface area contributed by atoms with E-state index in [-0.39, 0.29) is 30.4 Å². The van der Waals surface area contributed by atoms with Gasteiger partial charge in [-0.1, -0.05) is 6.08 Å². The van der Waals surface area contributed by atoms with Gasteiger partial charge in [-0.25, -0.2) is 4.99 Å². The van der Waals surface area contributed by atoms with E-state index in [1.807, 2.05) is 0 Å². The first kappa shape index (κ1) is 13.1. The lowest BCUT2D eigenvalue weighted by Crippen LogP contribution is -2.29. The predicted molar refractivity (Wildman–Crippen MR) is 69.6 cm³/mol. The molecule has 0 unspecified atom stereocenters. The number of nitrogens with one attached hydrogen (secondary N) is 1. The molecule has 0 atom stereocenters. The number of phenols is 2. The number of carbonyl (C=O) groups is 1. The summed E-state index contributed by atoms with van der Waals surface area (Å²) in [5, 5.41) is 30.1. The van der Waals surface area contributed by atoms with Crippen LogP contribution in [-0.4, -0.2) is 33.7 Å². The minimum absolute atomic E-state index is 0.0266. The molecule has 19 heavy (non-hydrogen) atoms. The summed E-state index contributed by atoms with van der Waals surface area (Å²) in [6.45, 7) is -0.210. The number of phenolic OH excluding ortho intramolecular Hbond substituents is 2. The number of aliphatic imine (C=N–C) groups is 1. The average molecular weight is 262 g/mol. The maximum absolute atomic E-state index is 11.3. The molecule has 6 heteroatoms. The summed E-state index contributed by atoms with van der Waals surface area (Å²) in [7, 11) is 0. The Morgan fingerprint density at radius 2 is 2.16 bits per heavy atom. The molecule has 1 aliphatic heterocycles. The third kappa shape index (κ3) is 3.11. The number of aromatic hydroxyl groups is 2. The second-order valence-corrected chi connectivity index (χ2v) is 4.08. The number of hydrogen-bond acceptors (Lipinski definition) is 5. The van der Waals surface area contributed by atoms with Crippen molar-refractivity contribution in [2.45, 2.75) is 12.8 Å². The molecule has 1 aromatic carbocycles. The highest BCUT2D eigenvalue weighted by Gasteiger charge is 2.15. The molecule has 0 aliphatic carbocycles. The van der Waals surface area contributed by atoms with Gasteiger partial charge in [0.05, 0.1) is 18.7 Å². The van der Waals surface area contributed by atoms with Crippen LogP contribution in [0.25, 0.3) is 5.70 Å². The first-order valence-corrected chi connectivity index (χ1v) is 5.81. The topological polar surface area (TPSA) is 102 Å². The number of benzene rings is 1. The molecule has 1 aliphatic rings. The van der Waals surface area contributed by atoms with Gasteiger partial charge >= 0.3 is 0 Å². The molecule has 0 saturated heterocycles. The van der Waals surface area contributed by atoms with Gasteiger partial charge in [0, 0.05) is 18.1 Å². The van der Waals surface area contributed by atoms with Crippen molar-refractivity contribution >= 4 is 17.4 Å². The highest BCUT2D eigenvalue weighted by Crippen LogP contribution is 2.31. The summed E-state index contributed by atoms with van der Waals surface area (Å²) in [6, 6.07) is 4.24. The minimum atomic E-state index is -0.300. The van der Waals surface area contributed by atoms with Gasteiger partial charge in [0.25, 0.3) is 0 Å². The molecular weight excluding hydrogens is 248 g/mol. The average Bonchev–Trinajstić information content (AvgIpc) is 2.77. The van der Waals surface area contributed by atoms with Crippen LogP contribution in [0.2, 0.25) is 0 Å². The molecule has 1 amide bonds. The van der Waals surface area contributed by atoms with Crippen LogP contribution in [0.4, 0.5) is 0 Å². The van der Waals surface area contributed by atoms with E-state index < -0.39 is 0 Å². The van der Waals surface area contributed by atoms with Crippen LogP contribution in [-0.2, 0) is 4.79 Å². The van der Waals surface area contributed by atoms with Gasteiger partial charge in [-0.15, -0.1) is 0 Å². The third-order valence-electron chi connectivity index (χ3n) is 2.62. The van der Waals surface area contributed by atoms with Crippen LogP contribution in [0.1, 0.15) is 18.4 Å². The Morgan fingerprint density at radius 1 is 1.37 bits per heavy atom. The highest BCUT2D eigenvalue weighted by atomic mass is 16.3. The van der Waals surface area contributed by atoms with Crippen LogP contribution in [0.3, 0.4) is 0 Å². The SMILES string of the molecule is O=C(CCO)NC1=NC(c2ccc(O)cc2O)=CC1. The normalized spacial score (nSPS) is 13.9. The van der Waals surface area contributed by atoms with Gasteiger partial charge in [0.1, 0.15) is 17.3 Å². The van der Waals surface area contributed by atoms with Crippen LogP contribution in [0.15, 0.2) is 29.3 Å². The summed E-state index contributed by atoms with van der Waals surface area (Å²) < 4.78 is 0. The maximum Gasteiger partial charge on any atom is 0.227 e. The zero-order valence-corrected chi connectivity index (χ0v) is 10.1. The number of amidine groups is 1. The van der Waals surface area contributed by atoms with Gasteiger partial charge < -0.3 is 20.6 Å². The summed E-state index contributed by atoms with van der Waals surface area (Å²) >= 11 is 0. The van der Waals surface area contributed by atoms with E-state index in [2.05, 4.69) is 10.3 Å². The Morgan fingerprint density at radius 3 is 2.84 bits per heavy atom. The van der Waals surface area contributed by atoms with E-state index in [4.69, 9.17) is 5.11 Å². The smallest absolute Gasteiger partial charge is 0.227 e. The number of nitrogens with zero attached hydrogens (tertiary/aromatic N) is 1. The van der Waals surface area contributed by atoms with E-state index in [0.29, 0.717) is 23.5 Å². The number of aliphatic hydroxyl groups is 1. The fourth-order valence-electron chi connectivity index (χ4n) is 1.74. The first-order chi connectivity index (χ1) is 9.10. The molecule has 0 aromatic heterocycles. The largest absolute Gasteiger partial charge is 0.508 e. The monoisotopic (exact) mass is 262 g/mol. The first-order valence-electron chi connectivity index (χ1n) is 5.81. The minimum Gasteiger partial charge on any atom is -0.508 e. The zero-order valence-electron chi connectivity index (χ0n) is 10.1. The lowest BCUT2D eigenvalue weighted by molar-refractivity contribution is -0.120. The van der Waals surface area contributed by atoms with Gasteiger partial charge in [-0.05, 0) is 12.1 Å². The summed E-state index contributed by atoms with van der Waals surface area (Å²) in [5.41, 5.74) is 1.03. The molecule has 1 heterocycles. The van der Waals surface area contributed by atoms with Crippen molar-refractivity contribution in [3.8, 4) is 11.5 Å². The van der Waals surface area contributed by atoms with E-state index in [1.165, 1.54) is 12.1 Å². The van der Waals surface area contributed by atoms with Crippen LogP contribution in [0.5, 0.6) is 11.5 Å². The standard InChI is InChI=1S/C13H14N2O4/c16-6-5-13(19)15-12-4-3-10(14-12)9-2-1-8(17)7-11(9)18/h1-3,7,16-18H,4-6H2,(H,14,15,19). The van der Waals surface area contributed by atoms with Crippen molar-refractivity contribution in [1.29, 1.82) is 0 Å². The summed E-state index contributed by atoms with van der Waals surface area (Å²) in [5.74, 6) is 0.0741. The fraction of sp³-hybridized carbons (Fsp3) is 0.231. The zero-order chi connectivity index (χ0) is 13.8. The number of carbonyl (C=O) groups excluding carboxylic acids is 1. The van der Waals surface area contributed by atoms with Gasteiger partial charge in [-0.2, -0.15) is 0 Å². The van der Waals surface area contributed by atoms with E-state index in [0.717, 1.165) is 0 Å². The summed E-state index contributed by atoms with van der Waals surface area (Å²) in [4.78, 5) is 15.5. The van der Waals surface area contributed by atoms with Crippen molar-refractivity contribution in [3.05, 3.63) is 29.8 Å². The summed E-state index contributed by atoms with van der Waals surface area (Å²) in [6.07, 6.45) is 2.24. The Bertz CT molecular complexity index is 564. The third-order valence-corrected chi connectivity index (χ3v) is 2.62. The van der Waals surface area contributed by atoms with Crippen molar-refractivity contribution < 1.29 is 20.1 Å². The quantitative estimate of drug-likeness (QED) is 0.645. The molecule has 0 spiro atoms. The Labute approximate surface area is 109 Å². The lowest BCUT2D eigenvalue weighted by Gasteiger charge is -2.04. The Balaban J connectivity index is 2.11. The van der Waals surface area contributed by atoms with Gasteiger partial charge in [0.15, 0.2) is 0 Å². The van der Waals surface area contributed by atoms with Gasteiger partial charge in [0.2, 0.25) is 5.91 Å². The molecule has 0 radical (unpaired) electrons. The molecule has 0 bridgehead atoms. The van der Waals surface area contributed by atoms with Crippen molar-refractivity contribution in [3.63, 3.8) is 0 Å². The Kier molecular flexibility index (Phi) is 3.82. The molecule has 6 nitrogen and oxygen atoms in total. The Hall–Kier alpha value is -2.34. The highest BCUT2D eigenvalue weighted by molar-refractivity contribution is 6.03. The maximum atomic E-state index is 11.3.